The third kappa shape index (κ3) is 3.65. The Morgan fingerprint density at radius 3 is 2.90 bits per heavy atom. The number of hydrogen-bond acceptors (Lipinski definition) is 5. The molecule has 0 unspecified atom stereocenters. The normalized spacial score (nSPS) is 9.57. The molecule has 2 heterocycles. The fourth-order valence-corrected chi connectivity index (χ4v) is 1.51. The van der Waals surface area contributed by atoms with Crippen LogP contribution < -0.4 is 5.32 Å². The van der Waals surface area contributed by atoms with Crippen LogP contribution in [-0.2, 0) is 0 Å². The molecule has 21 heavy (non-hydrogen) atoms. The molecule has 8 nitrogen and oxygen atoms in total. The number of pyridine rings is 1. The van der Waals surface area contributed by atoms with Crippen molar-refractivity contribution in [1.82, 2.24) is 9.97 Å². The highest BCUT2D eigenvalue weighted by Crippen LogP contribution is 2.12. The number of amides is 1. The van der Waals surface area contributed by atoms with E-state index < -0.39 is 10.8 Å². The molecule has 0 radical (unpaired) electrons. The Morgan fingerprint density at radius 2 is 2.24 bits per heavy atom. The van der Waals surface area contributed by atoms with Crippen molar-refractivity contribution in [3.8, 4) is 11.8 Å². The Kier molecular flexibility index (Phi) is 4.28. The van der Waals surface area contributed by atoms with E-state index >= 15 is 0 Å². The first kappa shape index (κ1) is 14.2. The van der Waals surface area contributed by atoms with E-state index in [4.69, 9.17) is 5.11 Å². The molecule has 0 aliphatic heterocycles. The monoisotopic (exact) mass is 286 g/mol. The van der Waals surface area contributed by atoms with Crippen molar-refractivity contribution in [1.29, 1.82) is 0 Å². The average molecular weight is 286 g/mol. The SMILES string of the molecule is O=C(Nc1cccc(C#CCO)n1)c1ccc([N+](=O)[O-])[nH]1. The van der Waals surface area contributed by atoms with Crippen molar-refractivity contribution >= 4 is 17.5 Å². The number of nitro groups is 1. The van der Waals surface area contributed by atoms with Crippen molar-refractivity contribution in [2.45, 2.75) is 0 Å². The molecule has 1 amide bonds. The smallest absolute Gasteiger partial charge is 0.321 e. The zero-order valence-electron chi connectivity index (χ0n) is 10.7. The summed E-state index contributed by atoms with van der Waals surface area (Å²) >= 11 is 0. The molecule has 0 saturated carbocycles. The number of aliphatic hydroxyl groups is 1. The number of carbonyl (C=O) groups excluding carboxylic acids is 1. The molecule has 0 atom stereocenters. The van der Waals surface area contributed by atoms with Crippen LogP contribution in [0, 0.1) is 22.0 Å². The topological polar surface area (TPSA) is 121 Å². The van der Waals surface area contributed by atoms with E-state index in [9.17, 15) is 14.9 Å². The first-order valence-electron chi connectivity index (χ1n) is 5.81. The van der Waals surface area contributed by atoms with Crippen molar-refractivity contribution in [3.63, 3.8) is 0 Å². The summed E-state index contributed by atoms with van der Waals surface area (Å²) in [7, 11) is 0. The van der Waals surface area contributed by atoms with Crippen molar-refractivity contribution in [2.24, 2.45) is 0 Å². The molecule has 2 aromatic heterocycles. The van der Waals surface area contributed by atoms with E-state index in [1.807, 2.05) is 0 Å². The van der Waals surface area contributed by atoms with Gasteiger partial charge in [-0.3, -0.25) is 4.79 Å². The van der Waals surface area contributed by atoms with Gasteiger partial charge in [-0.05, 0) is 29.0 Å². The maximum atomic E-state index is 11.9. The molecule has 0 fully saturated rings. The predicted octanol–water partition coefficient (Wildman–Crippen LogP) is 0.914. The molecule has 0 aromatic carbocycles. The van der Waals surface area contributed by atoms with Crippen LogP contribution in [0.4, 0.5) is 11.6 Å². The lowest BCUT2D eigenvalue weighted by molar-refractivity contribution is -0.389. The molecule has 3 N–H and O–H groups in total. The highest BCUT2D eigenvalue weighted by molar-refractivity contribution is 6.02. The van der Waals surface area contributed by atoms with Crippen LogP contribution in [0.3, 0.4) is 0 Å². The van der Waals surface area contributed by atoms with Gasteiger partial charge in [0.25, 0.3) is 5.91 Å². The Bertz CT molecular complexity index is 742. The molecular weight excluding hydrogens is 276 g/mol. The largest absolute Gasteiger partial charge is 0.384 e. The average Bonchev–Trinajstić information content (AvgIpc) is 2.95. The summed E-state index contributed by atoms with van der Waals surface area (Å²) in [5.74, 6) is 4.48. The van der Waals surface area contributed by atoms with Gasteiger partial charge in [-0.15, -0.1) is 0 Å². The molecule has 2 aromatic rings. The number of aliphatic hydroxyl groups excluding tert-OH is 1. The first-order chi connectivity index (χ1) is 10.1. The summed E-state index contributed by atoms with van der Waals surface area (Å²) < 4.78 is 0. The second kappa shape index (κ2) is 6.31. The van der Waals surface area contributed by atoms with Gasteiger partial charge in [0, 0.05) is 6.07 Å². The van der Waals surface area contributed by atoms with Gasteiger partial charge in [-0.2, -0.15) is 0 Å². The molecule has 0 aliphatic carbocycles. The van der Waals surface area contributed by atoms with Gasteiger partial charge in [0.2, 0.25) is 0 Å². The van der Waals surface area contributed by atoms with E-state index in [-0.39, 0.29) is 23.9 Å². The minimum absolute atomic E-state index is 0.0512. The fourth-order valence-electron chi connectivity index (χ4n) is 1.51. The lowest BCUT2D eigenvalue weighted by Gasteiger charge is -2.01. The van der Waals surface area contributed by atoms with E-state index in [1.165, 1.54) is 12.1 Å². The minimum atomic E-state index is -0.625. The lowest BCUT2D eigenvalue weighted by atomic mass is 10.3. The maximum absolute atomic E-state index is 11.9. The van der Waals surface area contributed by atoms with Crippen LogP contribution in [0.15, 0.2) is 30.3 Å². The van der Waals surface area contributed by atoms with Crippen LogP contribution in [0.5, 0.6) is 0 Å². The number of rotatable bonds is 3. The second-order valence-corrected chi connectivity index (χ2v) is 3.84. The quantitative estimate of drug-likeness (QED) is 0.440. The zero-order valence-corrected chi connectivity index (χ0v) is 10.7. The van der Waals surface area contributed by atoms with Crippen LogP contribution in [0.25, 0.3) is 0 Å². The Hall–Kier alpha value is -3.18. The van der Waals surface area contributed by atoms with Crippen molar-refractivity contribution < 1.29 is 14.8 Å². The summed E-state index contributed by atoms with van der Waals surface area (Å²) in [4.78, 5) is 28.2. The van der Waals surface area contributed by atoms with Gasteiger partial charge >= 0.3 is 5.82 Å². The van der Waals surface area contributed by atoms with Gasteiger partial charge in [-0.1, -0.05) is 12.0 Å². The van der Waals surface area contributed by atoms with Crippen LogP contribution in [0.2, 0.25) is 0 Å². The van der Waals surface area contributed by atoms with Crippen molar-refractivity contribution in [2.75, 3.05) is 11.9 Å². The third-order valence-electron chi connectivity index (χ3n) is 2.40. The molecule has 106 valence electrons. The highest BCUT2D eigenvalue weighted by Gasteiger charge is 2.15. The summed E-state index contributed by atoms with van der Waals surface area (Å²) in [6, 6.07) is 7.33. The standard InChI is InChI=1S/C13H10N4O4/c18-8-2-4-9-3-1-5-11(14-9)16-13(19)10-6-7-12(15-10)17(20)21/h1,3,5-7,15,18H,8H2,(H,14,16,19). The number of nitrogens with zero attached hydrogens (tertiary/aromatic N) is 2. The molecule has 0 bridgehead atoms. The summed E-state index contributed by atoms with van der Waals surface area (Å²) in [5, 5.41) is 21.6. The molecule has 8 heteroatoms. The number of anilines is 1. The second-order valence-electron chi connectivity index (χ2n) is 3.84. The molecule has 0 spiro atoms. The Balaban J connectivity index is 2.13. The predicted molar refractivity (Wildman–Crippen MR) is 73.6 cm³/mol. The maximum Gasteiger partial charge on any atom is 0.321 e. The first-order valence-corrected chi connectivity index (χ1v) is 5.81. The molecule has 2 rings (SSSR count). The van der Waals surface area contributed by atoms with Crippen LogP contribution >= 0.6 is 0 Å². The Labute approximate surface area is 119 Å². The van der Waals surface area contributed by atoms with Gasteiger partial charge in [0.15, 0.2) is 5.69 Å². The van der Waals surface area contributed by atoms with Gasteiger partial charge in [-0.25, -0.2) is 9.97 Å². The number of aromatic nitrogens is 2. The van der Waals surface area contributed by atoms with Crippen molar-refractivity contribution in [3.05, 3.63) is 51.8 Å². The lowest BCUT2D eigenvalue weighted by Crippen LogP contribution is -2.13. The molecular formula is C13H10N4O4. The molecule has 0 saturated heterocycles. The van der Waals surface area contributed by atoms with E-state index in [0.717, 1.165) is 0 Å². The van der Waals surface area contributed by atoms with E-state index in [2.05, 4.69) is 27.1 Å². The number of H-pyrrole nitrogens is 1. The number of aromatic amines is 1. The number of carbonyl (C=O) groups is 1. The summed E-state index contributed by atoms with van der Waals surface area (Å²) in [6.45, 7) is -0.287. The van der Waals surface area contributed by atoms with Crippen LogP contribution in [0.1, 0.15) is 16.2 Å². The van der Waals surface area contributed by atoms with E-state index in [0.29, 0.717) is 5.69 Å². The van der Waals surface area contributed by atoms with Gasteiger partial charge in [0.1, 0.15) is 18.1 Å². The highest BCUT2D eigenvalue weighted by atomic mass is 16.6. The third-order valence-corrected chi connectivity index (χ3v) is 2.40. The molecule has 0 aliphatic rings. The summed E-state index contributed by atoms with van der Waals surface area (Å²) in [5.41, 5.74) is 0.440. The fraction of sp³-hybridized carbons (Fsp3) is 0.0769. The number of hydrogen-bond donors (Lipinski definition) is 3. The number of nitrogens with one attached hydrogen (secondary N) is 2. The Morgan fingerprint density at radius 1 is 1.43 bits per heavy atom. The minimum Gasteiger partial charge on any atom is -0.384 e. The van der Waals surface area contributed by atoms with Gasteiger partial charge < -0.3 is 20.5 Å². The summed E-state index contributed by atoms with van der Waals surface area (Å²) in [6.07, 6.45) is 0. The zero-order chi connectivity index (χ0) is 15.2. The van der Waals surface area contributed by atoms with Gasteiger partial charge in [0.05, 0.1) is 0 Å². The van der Waals surface area contributed by atoms with Crippen LogP contribution in [-0.4, -0.2) is 32.5 Å². The van der Waals surface area contributed by atoms with E-state index in [1.54, 1.807) is 18.2 Å².